The molecule has 1 atom stereocenters. The van der Waals surface area contributed by atoms with Gasteiger partial charge in [0, 0.05) is 29.5 Å². The van der Waals surface area contributed by atoms with E-state index in [0.29, 0.717) is 0 Å². The largest absolute Gasteiger partial charge is 0.369 e. The van der Waals surface area contributed by atoms with Gasteiger partial charge in [0.05, 0.1) is 12.2 Å². The second-order valence-electron chi connectivity index (χ2n) is 5.58. The number of nitrogens with zero attached hydrogens (tertiary/aromatic N) is 2. The minimum absolute atomic E-state index is 0.113. The molecular formula is C17H22ClN3. The minimum atomic E-state index is 0.113. The van der Waals surface area contributed by atoms with Crippen LogP contribution in [0.5, 0.6) is 0 Å². The molecule has 0 aliphatic heterocycles. The van der Waals surface area contributed by atoms with E-state index in [0.717, 1.165) is 40.6 Å². The van der Waals surface area contributed by atoms with Crippen LogP contribution in [0.1, 0.15) is 23.9 Å². The van der Waals surface area contributed by atoms with Crippen LogP contribution in [0, 0.1) is 6.92 Å². The van der Waals surface area contributed by atoms with Gasteiger partial charge in [0.2, 0.25) is 0 Å². The maximum atomic E-state index is 6.35. The molecule has 3 nitrogen and oxygen atoms in total. The summed E-state index contributed by atoms with van der Waals surface area (Å²) in [4.78, 5) is 6.67. The molecule has 2 N–H and O–H groups in total. The second-order valence-corrected chi connectivity index (χ2v) is 5.99. The summed E-state index contributed by atoms with van der Waals surface area (Å²) < 4.78 is 0. The molecule has 2 rings (SSSR count). The Morgan fingerprint density at radius 1 is 1.29 bits per heavy atom. The maximum Gasteiger partial charge on any atom is 0.0600 e. The van der Waals surface area contributed by atoms with Crippen molar-refractivity contribution >= 4 is 17.3 Å². The van der Waals surface area contributed by atoms with Gasteiger partial charge >= 0.3 is 0 Å². The number of hydrogen-bond acceptors (Lipinski definition) is 3. The highest BCUT2D eigenvalue weighted by Crippen LogP contribution is 2.24. The monoisotopic (exact) mass is 303 g/mol. The van der Waals surface area contributed by atoms with Crippen molar-refractivity contribution in [2.24, 2.45) is 5.73 Å². The van der Waals surface area contributed by atoms with Crippen molar-refractivity contribution in [3.8, 4) is 0 Å². The van der Waals surface area contributed by atoms with E-state index in [1.165, 1.54) is 0 Å². The Bertz CT molecular complexity index is 611. The number of aryl methyl sites for hydroxylation is 1. The molecule has 1 aromatic heterocycles. The van der Waals surface area contributed by atoms with Crippen molar-refractivity contribution in [2.75, 3.05) is 11.9 Å². The van der Waals surface area contributed by atoms with Gasteiger partial charge in [-0.15, -0.1) is 0 Å². The fourth-order valence-electron chi connectivity index (χ4n) is 2.31. The first kappa shape index (κ1) is 15.8. The van der Waals surface area contributed by atoms with Crippen LogP contribution >= 0.6 is 11.6 Å². The first-order valence-electron chi connectivity index (χ1n) is 7.13. The highest BCUT2D eigenvalue weighted by atomic mass is 35.5. The highest BCUT2D eigenvalue weighted by Gasteiger charge is 2.08. The molecule has 0 aliphatic carbocycles. The molecule has 0 aliphatic rings. The number of rotatable bonds is 5. The fourth-order valence-corrected chi connectivity index (χ4v) is 2.56. The number of benzene rings is 1. The number of pyridine rings is 1. The summed E-state index contributed by atoms with van der Waals surface area (Å²) in [6.45, 7) is 4.74. The van der Waals surface area contributed by atoms with Crippen LogP contribution in [0.4, 0.5) is 5.69 Å². The topological polar surface area (TPSA) is 42.1 Å². The predicted molar refractivity (Wildman–Crippen MR) is 89.9 cm³/mol. The molecule has 0 amide bonds. The van der Waals surface area contributed by atoms with Crippen molar-refractivity contribution in [3.63, 3.8) is 0 Å². The average molecular weight is 304 g/mol. The molecule has 4 heteroatoms. The Balaban J connectivity index is 2.12. The van der Waals surface area contributed by atoms with Crippen LogP contribution in [-0.4, -0.2) is 18.1 Å². The molecule has 0 fully saturated rings. The zero-order valence-electron chi connectivity index (χ0n) is 12.8. The van der Waals surface area contributed by atoms with Gasteiger partial charge in [-0.3, -0.25) is 4.98 Å². The first-order chi connectivity index (χ1) is 9.95. The Hall–Kier alpha value is -1.58. The van der Waals surface area contributed by atoms with E-state index >= 15 is 0 Å². The molecule has 0 bridgehead atoms. The molecule has 2 aromatic rings. The zero-order valence-corrected chi connectivity index (χ0v) is 13.6. The third-order valence-corrected chi connectivity index (χ3v) is 3.72. The van der Waals surface area contributed by atoms with E-state index < -0.39 is 0 Å². The van der Waals surface area contributed by atoms with Gasteiger partial charge in [-0.2, -0.15) is 0 Å². The van der Waals surface area contributed by atoms with E-state index in [-0.39, 0.29) is 6.04 Å². The summed E-state index contributed by atoms with van der Waals surface area (Å²) in [6.07, 6.45) is 0.794. The lowest BCUT2D eigenvalue weighted by atomic mass is 10.1. The van der Waals surface area contributed by atoms with E-state index in [4.69, 9.17) is 17.3 Å². The molecule has 0 saturated heterocycles. The minimum Gasteiger partial charge on any atom is -0.369 e. The normalized spacial score (nSPS) is 12.2. The Labute approximate surface area is 131 Å². The summed E-state index contributed by atoms with van der Waals surface area (Å²) in [5, 5.41) is 0.772. The van der Waals surface area contributed by atoms with Gasteiger partial charge in [0.1, 0.15) is 0 Å². The summed E-state index contributed by atoms with van der Waals surface area (Å²) in [5.41, 5.74) is 10.1. The number of hydrogen-bond donors (Lipinski definition) is 1. The third kappa shape index (κ3) is 4.45. The second kappa shape index (κ2) is 6.92. The number of anilines is 1. The molecule has 1 unspecified atom stereocenters. The lowest BCUT2D eigenvalue weighted by Crippen LogP contribution is -2.19. The fraction of sp³-hybridized carbons (Fsp3) is 0.353. The smallest absolute Gasteiger partial charge is 0.0600 e. The number of halogens is 1. The lowest BCUT2D eigenvalue weighted by molar-refractivity contribution is 0.738. The van der Waals surface area contributed by atoms with Gasteiger partial charge in [-0.25, -0.2) is 0 Å². The Morgan fingerprint density at radius 2 is 2.05 bits per heavy atom. The molecule has 1 aromatic carbocycles. The van der Waals surface area contributed by atoms with Crippen molar-refractivity contribution in [3.05, 3.63) is 58.4 Å². The average Bonchev–Trinajstić information content (AvgIpc) is 2.40. The lowest BCUT2D eigenvalue weighted by Gasteiger charge is -2.20. The van der Waals surface area contributed by atoms with Crippen molar-refractivity contribution in [1.82, 2.24) is 4.98 Å². The zero-order chi connectivity index (χ0) is 15.4. The first-order valence-corrected chi connectivity index (χ1v) is 7.51. The summed E-state index contributed by atoms with van der Waals surface area (Å²) in [6, 6.07) is 12.3. The van der Waals surface area contributed by atoms with E-state index in [1.54, 1.807) is 0 Å². The van der Waals surface area contributed by atoms with Crippen molar-refractivity contribution < 1.29 is 0 Å². The van der Waals surface area contributed by atoms with Crippen LogP contribution in [0.2, 0.25) is 5.02 Å². The predicted octanol–water partition coefficient (Wildman–Crippen LogP) is 3.57. The SMILES string of the molecule is Cc1cccc(CN(C)c2ccc(CC(C)N)c(Cl)c2)n1. The van der Waals surface area contributed by atoms with E-state index in [9.17, 15) is 0 Å². The molecule has 0 saturated carbocycles. The number of aromatic nitrogens is 1. The molecule has 21 heavy (non-hydrogen) atoms. The van der Waals surface area contributed by atoms with Crippen molar-refractivity contribution in [2.45, 2.75) is 32.9 Å². The molecule has 112 valence electrons. The highest BCUT2D eigenvalue weighted by molar-refractivity contribution is 6.31. The van der Waals surface area contributed by atoms with Crippen LogP contribution < -0.4 is 10.6 Å². The quantitative estimate of drug-likeness (QED) is 0.918. The maximum absolute atomic E-state index is 6.35. The van der Waals surface area contributed by atoms with E-state index in [2.05, 4.69) is 22.0 Å². The summed E-state index contributed by atoms with van der Waals surface area (Å²) >= 11 is 6.35. The third-order valence-electron chi connectivity index (χ3n) is 3.36. The molecule has 0 radical (unpaired) electrons. The Kier molecular flexibility index (Phi) is 5.21. The van der Waals surface area contributed by atoms with Crippen LogP contribution in [0.15, 0.2) is 36.4 Å². The summed E-state index contributed by atoms with van der Waals surface area (Å²) in [5.74, 6) is 0. The molecule has 1 heterocycles. The Morgan fingerprint density at radius 3 is 2.67 bits per heavy atom. The molecular weight excluding hydrogens is 282 g/mol. The van der Waals surface area contributed by atoms with Crippen LogP contribution in [0.3, 0.4) is 0 Å². The van der Waals surface area contributed by atoms with Gasteiger partial charge in [-0.1, -0.05) is 23.7 Å². The van der Waals surface area contributed by atoms with Gasteiger partial charge in [0.15, 0.2) is 0 Å². The van der Waals surface area contributed by atoms with E-state index in [1.807, 2.05) is 45.2 Å². The van der Waals surface area contributed by atoms with Gasteiger partial charge < -0.3 is 10.6 Å². The van der Waals surface area contributed by atoms with Crippen molar-refractivity contribution in [1.29, 1.82) is 0 Å². The van der Waals surface area contributed by atoms with Gasteiger partial charge in [0.25, 0.3) is 0 Å². The van der Waals surface area contributed by atoms with Gasteiger partial charge in [-0.05, 0) is 50.1 Å². The standard InChI is InChI=1S/C17H22ClN3/c1-12(19)9-14-7-8-16(10-17(14)18)21(3)11-15-6-4-5-13(2)20-15/h4-8,10,12H,9,11,19H2,1-3H3. The van der Waals surface area contributed by atoms with Crippen LogP contribution in [-0.2, 0) is 13.0 Å². The number of nitrogens with two attached hydrogens (primary N) is 1. The molecule has 0 spiro atoms. The summed E-state index contributed by atoms with van der Waals surface area (Å²) in [7, 11) is 2.04. The van der Waals surface area contributed by atoms with Crippen LogP contribution in [0.25, 0.3) is 0 Å².